The Hall–Kier alpha value is -0.530. The summed E-state index contributed by atoms with van der Waals surface area (Å²) in [6.07, 6.45) is 3.52. The molecule has 0 bridgehead atoms. The lowest BCUT2D eigenvalue weighted by Crippen LogP contribution is -2.64. The Morgan fingerprint density at radius 3 is 3.00 bits per heavy atom. The molecule has 1 amide bonds. The summed E-state index contributed by atoms with van der Waals surface area (Å²) in [7, 11) is 0. The minimum Gasteiger partial charge on any atom is -0.350 e. The molecule has 0 aromatic rings. The van der Waals surface area contributed by atoms with Crippen molar-refractivity contribution >= 4 is 5.91 Å². The highest BCUT2D eigenvalue weighted by molar-refractivity contribution is 5.88. The Morgan fingerprint density at radius 2 is 2.56 bits per heavy atom. The maximum absolute atomic E-state index is 10.8. The molecule has 0 spiro atoms. The van der Waals surface area contributed by atoms with Gasteiger partial charge in [-0.3, -0.25) is 4.79 Å². The third kappa shape index (κ3) is 0.485. The van der Waals surface area contributed by atoms with Gasteiger partial charge in [-0.2, -0.15) is 0 Å². The van der Waals surface area contributed by atoms with Crippen LogP contribution < -0.4 is 5.32 Å². The van der Waals surface area contributed by atoms with E-state index in [1.54, 1.807) is 0 Å². The molecule has 2 atom stereocenters. The van der Waals surface area contributed by atoms with E-state index in [4.69, 9.17) is 0 Å². The van der Waals surface area contributed by atoms with Crippen LogP contribution in [0.2, 0.25) is 0 Å². The Morgan fingerprint density at radius 1 is 1.78 bits per heavy atom. The number of carbonyl (C=O) groups is 1. The van der Waals surface area contributed by atoms with Gasteiger partial charge in [0.25, 0.3) is 0 Å². The Labute approximate surface area is 54.6 Å². The lowest BCUT2D eigenvalue weighted by molar-refractivity contribution is -0.138. The van der Waals surface area contributed by atoms with Gasteiger partial charge in [-0.1, -0.05) is 6.42 Å². The first-order chi connectivity index (χ1) is 4.22. The Kier molecular flexibility index (Phi) is 0.765. The van der Waals surface area contributed by atoms with Crippen molar-refractivity contribution in [2.75, 3.05) is 0 Å². The number of rotatable bonds is 0. The van der Waals surface area contributed by atoms with Gasteiger partial charge in [0.05, 0.1) is 5.92 Å². The van der Waals surface area contributed by atoms with Crippen molar-refractivity contribution in [3.63, 3.8) is 0 Å². The first kappa shape index (κ1) is 5.27. The van der Waals surface area contributed by atoms with Gasteiger partial charge in [-0.25, -0.2) is 0 Å². The minimum atomic E-state index is 0.205. The van der Waals surface area contributed by atoms with E-state index in [9.17, 15) is 4.79 Å². The van der Waals surface area contributed by atoms with Crippen molar-refractivity contribution in [2.24, 2.45) is 5.92 Å². The van der Waals surface area contributed by atoms with Crippen LogP contribution >= 0.6 is 0 Å². The molecule has 2 nitrogen and oxygen atoms in total. The Balaban J connectivity index is 2.21. The summed E-state index contributed by atoms with van der Waals surface area (Å²) in [5.41, 5.74) is 0.205. The summed E-state index contributed by atoms with van der Waals surface area (Å²) >= 11 is 0. The lowest BCUT2D eigenvalue weighted by Gasteiger charge is -2.42. The third-order valence-corrected chi connectivity index (χ3v) is 2.68. The molecule has 1 saturated carbocycles. The topological polar surface area (TPSA) is 29.1 Å². The average Bonchev–Trinajstić information content (AvgIpc) is 2.06. The molecule has 1 N–H and O–H groups in total. The molecule has 2 rings (SSSR count). The second-order valence-electron chi connectivity index (χ2n) is 3.35. The summed E-state index contributed by atoms with van der Waals surface area (Å²) in [4.78, 5) is 10.8. The van der Waals surface area contributed by atoms with Gasteiger partial charge in [-0.15, -0.1) is 0 Å². The van der Waals surface area contributed by atoms with Crippen molar-refractivity contribution in [3.05, 3.63) is 0 Å². The van der Waals surface area contributed by atoms with E-state index < -0.39 is 0 Å². The zero-order valence-corrected chi connectivity index (χ0v) is 5.61. The van der Waals surface area contributed by atoms with Crippen molar-refractivity contribution in [3.8, 4) is 0 Å². The van der Waals surface area contributed by atoms with Gasteiger partial charge in [0.1, 0.15) is 0 Å². The van der Waals surface area contributed by atoms with Crippen LogP contribution in [0.15, 0.2) is 0 Å². The van der Waals surface area contributed by atoms with Crippen molar-refractivity contribution < 1.29 is 4.79 Å². The molecule has 0 aromatic carbocycles. The first-order valence-corrected chi connectivity index (χ1v) is 3.54. The van der Waals surface area contributed by atoms with E-state index in [1.807, 2.05) is 0 Å². The van der Waals surface area contributed by atoms with Gasteiger partial charge in [-0.05, 0) is 19.8 Å². The number of amides is 1. The first-order valence-electron chi connectivity index (χ1n) is 3.54. The largest absolute Gasteiger partial charge is 0.350 e. The van der Waals surface area contributed by atoms with Crippen LogP contribution in [0.5, 0.6) is 0 Å². The van der Waals surface area contributed by atoms with Gasteiger partial charge >= 0.3 is 0 Å². The minimum absolute atomic E-state index is 0.205. The second-order valence-corrected chi connectivity index (χ2v) is 3.35. The SMILES string of the molecule is C[C@@]12CCC[C@@H]1C(=O)N2. The monoisotopic (exact) mass is 125 g/mol. The van der Waals surface area contributed by atoms with E-state index >= 15 is 0 Å². The molecule has 1 aliphatic heterocycles. The lowest BCUT2D eigenvalue weighted by atomic mass is 9.80. The summed E-state index contributed by atoms with van der Waals surface area (Å²) < 4.78 is 0. The third-order valence-electron chi connectivity index (χ3n) is 2.68. The number of hydrogen-bond acceptors (Lipinski definition) is 1. The zero-order chi connectivity index (χ0) is 6.48. The summed E-state index contributed by atoms with van der Waals surface area (Å²) in [6, 6.07) is 0. The van der Waals surface area contributed by atoms with Crippen molar-refractivity contribution in [2.45, 2.75) is 31.7 Å². The van der Waals surface area contributed by atoms with E-state index in [2.05, 4.69) is 12.2 Å². The fourth-order valence-corrected chi connectivity index (χ4v) is 2.03. The molecule has 0 unspecified atom stereocenters. The molecular formula is C7H11NO. The van der Waals surface area contributed by atoms with Gasteiger partial charge in [0.15, 0.2) is 0 Å². The molecule has 2 fully saturated rings. The summed E-state index contributed by atoms with van der Waals surface area (Å²) in [5.74, 6) is 0.632. The molecular weight excluding hydrogens is 114 g/mol. The van der Waals surface area contributed by atoms with Crippen molar-refractivity contribution in [1.29, 1.82) is 0 Å². The molecule has 1 heterocycles. The molecule has 2 aliphatic rings. The highest BCUT2D eigenvalue weighted by atomic mass is 16.2. The zero-order valence-electron chi connectivity index (χ0n) is 5.61. The normalized spacial score (nSPS) is 47.7. The highest BCUT2D eigenvalue weighted by Gasteiger charge is 2.52. The van der Waals surface area contributed by atoms with E-state index in [1.165, 1.54) is 12.8 Å². The standard InChI is InChI=1S/C7H11NO/c1-7-4-2-3-5(7)6(9)8-7/h5H,2-4H2,1H3,(H,8,9)/t5-,7-/m1/s1. The van der Waals surface area contributed by atoms with Crippen LogP contribution in [0.1, 0.15) is 26.2 Å². The quantitative estimate of drug-likeness (QED) is 0.474. The molecule has 50 valence electrons. The van der Waals surface area contributed by atoms with Gasteiger partial charge in [0.2, 0.25) is 5.91 Å². The maximum atomic E-state index is 10.8. The van der Waals surface area contributed by atoms with Crippen LogP contribution in [0.4, 0.5) is 0 Å². The van der Waals surface area contributed by atoms with Crippen molar-refractivity contribution in [1.82, 2.24) is 5.32 Å². The van der Waals surface area contributed by atoms with Crippen LogP contribution in [0.25, 0.3) is 0 Å². The number of hydrogen-bond donors (Lipinski definition) is 1. The number of fused-ring (bicyclic) bond motifs is 1. The maximum Gasteiger partial charge on any atom is 0.225 e. The fraction of sp³-hybridized carbons (Fsp3) is 0.857. The summed E-state index contributed by atoms with van der Waals surface area (Å²) in [6.45, 7) is 2.14. The fourth-order valence-electron chi connectivity index (χ4n) is 2.03. The van der Waals surface area contributed by atoms with E-state index in [-0.39, 0.29) is 11.4 Å². The van der Waals surface area contributed by atoms with E-state index in [0.717, 1.165) is 6.42 Å². The molecule has 2 heteroatoms. The summed E-state index contributed by atoms with van der Waals surface area (Å²) in [5, 5.41) is 2.94. The number of β-lactam (4-membered cyclic amide) rings is 1. The van der Waals surface area contributed by atoms with Crippen LogP contribution in [-0.2, 0) is 4.79 Å². The predicted octanol–water partition coefficient (Wildman–Crippen LogP) is 0.675. The van der Waals surface area contributed by atoms with Gasteiger partial charge in [0, 0.05) is 5.54 Å². The molecule has 0 aromatic heterocycles. The molecule has 1 saturated heterocycles. The number of nitrogens with one attached hydrogen (secondary N) is 1. The molecule has 1 aliphatic carbocycles. The molecule has 0 radical (unpaired) electrons. The Bertz CT molecular complexity index is 166. The highest BCUT2D eigenvalue weighted by Crippen LogP contribution is 2.41. The molecule has 9 heavy (non-hydrogen) atoms. The predicted molar refractivity (Wildman–Crippen MR) is 33.9 cm³/mol. The smallest absolute Gasteiger partial charge is 0.225 e. The van der Waals surface area contributed by atoms with E-state index in [0.29, 0.717) is 5.92 Å². The van der Waals surface area contributed by atoms with Crippen LogP contribution in [0, 0.1) is 5.92 Å². The van der Waals surface area contributed by atoms with Crippen LogP contribution in [-0.4, -0.2) is 11.4 Å². The number of carbonyl (C=O) groups excluding carboxylic acids is 1. The average molecular weight is 125 g/mol. The van der Waals surface area contributed by atoms with Gasteiger partial charge < -0.3 is 5.32 Å². The van der Waals surface area contributed by atoms with Crippen LogP contribution in [0.3, 0.4) is 0 Å². The second kappa shape index (κ2) is 1.31.